The van der Waals surface area contributed by atoms with Gasteiger partial charge in [-0.3, -0.25) is 0 Å². The number of hydrogen-bond acceptors (Lipinski definition) is 3. The molecule has 1 aliphatic rings. The van der Waals surface area contributed by atoms with Crippen molar-refractivity contribution in [3.05, 3.63) is 0 Å². The molecule has 2 atom stereocenters. The predicted molar refractivity (Wildman–Crippen MR) is 54.7 cm³/mol. The highest BCUT2D eigenvalue weighted by molar-refractivity contribution is 4.75. The monoisotopic (exact) mass is 186 g/mol. The Kier molecular flexibility index (Phi) is 4.70. The molecule has 0 aromatic heterocycles. The largest absolute Gasteiger partial charge is 0.377 e. The zero-order valence-corrected chi connectivity index (χ0v) is 8.75. The molecule has 1 saturated heterocycles. The van der Waals surface area contributed by atoms with E-state index in [0.29, 0.717) is 24.6 Å². The molecule has 0 aromatic rings. The van der Waals surface area contributed by atoms with Gasteiger partial charge in [-0.15, -0.1) is 0 Å². The van der Waals surface area contributed by atoms with Gasteiger partial charge >= 0.3 is 0 Å². The Hall–Kier alpha value is -0.120. The first-order valence-electron chi connectivity index (χ1n) is 5.29. The summed E-state index contributed by atoms with van der Waals surface area (Å²) >= 11 is 0. The second kappa shape index (κ2) is 5.58. The molecule has 0 aliphatic carbocycles. The van der Waals surface area contributed by atoms with Crippen molar-refractivity contribution in [2.24, 2.45) is 11.7 Å². The molecule has 0 bridgehead atoms. The van der Waals surface area contributed by atoms with Gasteiger partial charge in [0.05, 0.1) is 6.10 Å². The first-order chi connectivity index (χ1) is 6.24. The lowest BCUT2D eigenvalue weighted by Crippen LogP contribution is -2.43. The fourth-order valence-electron chi connectivity index (χ4n) is 1.68. The van der Waals surface area contributed by atoms with E-state index in [4.69, 9.17) is 10.5 Å². The minimum atomic E-state index is 0.424. The molecule has 0 radical (unpaired) electrons. The Morgan fingerprint density at radius 1 is 1.54 bits per heavy atom. The lowest BCUT2D eigenvalue weighted by Gasteiger charge is -2.22. The highest BCUT2D eigenvalue weighted by Gasteiger charge is 2.17. The van der Waals surface area contributed by atoms with E-state index in [9.17, 15) is 0 Å². The molecule has 13 heavy (non-hydrogen) atoms. The summed E-state index contributed by atoms with van der Waals surface area (Å²) in [5.74, 6) is 0.603. The maximum absolute atomic E-state index is 5.66. The number of ether oxygens (including phenoxy) is 1. The van der Waals surface area contributed by atoms with E-state index < -0.39 is 0 Å². The highest BCUT2D eigenvalue weighted by atomic mass is 16.5. The number of rotatable bonds is 5. The second-order valence-electron chi connectivity index (χ2n) is 4.13. The van der Waals surface area contributed by atoms with Gasteiger partial charge in [0.15, 0.2) is 0 Å². The van der Waals surface area contributed by atoms with E-state index in [0.717, 1.165) is 13.2 Å². The maximum atomic E-state index is 5.66. The van der Waals surface area contributed by atoms with Gasteiger partial charge in [0, 0.05) is 25.7 Å². The molecule has 0 saturated carbocycles. The molecule has 2 unspecified atom stereocenters. The predicted octanol–water partition coefficient (Wildman–Crippen LogP) is 0.738. The minimum Gasteiger partial charge on any atom is -0.377 e. The van der Waals surface area contributed by atoms with Crippen LogP contribution in [0.4, 0.5) is 0 Å². The van der Waals surface area contributed by atoms with Crippen LogP contribution in [0.25, 0.3) is 0 Å². The van der Waals surface area contributed by atoms with Crippen molar-refractivity contribution >= 4 is 0 Å². The van der Waals surface area contributed by atoms with Crippen LogP contribution in [0.2, 0.25) is 0 Å². The quantitative estimate of drug-likeness (QED) is 0.665. The van der Waals surface area contributed by atoms with Gasteiger partial charge < -0.3 is 15.8 Å². The summed E-state index contributed by atoms with van der Waals surface area (Å²) in [6.45, 7) is 6.99. The van der Waals surface area contributed by atoms with E-state index >= 15 is 0 Å². The van der Waals surface area contributed by atoms with Gasteiger partial charge in [-0.1, -0.05) is 13.8 Å². The average Bonchev–Trinajstić information content (AvgIpc) is 2.57. The smallest absolute Gasteiger partial charge is 0.0700 e. The van der Waals surface area contributed by atoms with Crippen LogP contribution in [-0.2, 0) is 4.74 Å². The van der Waals surface area contributed by atoms with Gasteiger partial charge in [0.1, 0.15) is 0 Å². The molecular formula is C10H22N2O. The summed E-state index contributed by atoms with van der Waals surface area (Å²) < 4.78 is 5.52. The van der Waals surface area contributed by atoms with Crippen LogP contribution < -0.4 is 11.1 Å². The topological polar surface area (TPSA) is 47.3 Å². The van der Waals surface area contributed by atoms with Crippen LogP contribution >= 0.6 is 0 Å². The fourth-order valence-corrected chi connectivity index (χ4v) is 1.68. The van der Waals surface area contributed by atoms with Gasteiger partial charge in [-0.25, -0.2) is 0 Å². The Morgan fingerprint density at radius 2 is 2.31 bits per heavy atom. The van der Waals surface area contributed by atoms with Crippen LogP contribution in [-0.4, -0.2) is 31.8 Å². The molecule has 0 aromatic carbocycles. The minimum absolute atomic E-state index is 0.424. The summed E-state index contributed by atoms with van der Waals surface area (Å²) in [7, 11) is 0. The van der Waals surface area contributed by atoms with Gasteiger partial charge in [0.25, 0.3) is 0 Å². The van der Waals surface area contributed by atoms with Crippen molar-refractivity contribution in [2.45, 2.75) is 38.8 Å². The summed E-state index contributed by atoms with van der Waals surface area (Å²) in [4.78, 5) is 0. The van der Waals surface area contributed by atoms with Crippen molar-refractivity contribution in [1.29, 1.82) is 0 Å². The summed E-state index contributed by atoms with van der Waals surface area (Å²) in [6, 6.07) is 0.434. The molecule has 3 nitrogen and oxygen atoms in total. The van der Waals surface area contributed by atoms with Crippen LogP contribution in [0, 0.1) is 5.92 Å². The number of nitrogens with two attached hydrogens (primary N) is 1. The number of hydrogen-bond donors (Lipinski definition) is 2. The standard InChI is InChI=1S/C10H22N2O/c1-8(2)10(6-11)12-7-9-4-3-5-13-9/h8-10,12H,3-7,11H2,1-2H3. The third kappa shape index (κ3) is 3.63. The Morgan fingerprint density at radius 3 is 2.77 bits per heavy atom. The molecule has 1 rings (SSSR count). The summed E-state index contributed by atoms with van der Waals surface area (Å²) in [6.07, 6.45) is 2.83. The second-order valence-corrected chi connectivity index (χ2v) is 4.13. The first kappa shape index (κ1) is 11.0. The van der Waals surface area contributed by atoms with Gasteiger partial charge in [0.2, 0.25) is 0 Å². The van der Waals surface area contributed by atoms with Crippen molar-refractivity contribution < 1.29 is 4.74 Å². The van der Waals surface area contributed by atoms with E-state index in [1.807, 2.05) is 0 Å². The maximum Gasteiger partial charge on any atom is 0.0700 e. The molecule has 78 valence electrons. The molecular weight excluding hydrogens is 164 g/mol. The molecule has 0 spiro atoms. The first-order valence-corrected chi connectivity index (χ1v) is 5.29. The van der Waals surface area contributed by atoms with Crippen LogP contribution in [0.5, 0.6) is 0 Å². The molecule has 1 aliphatic heterocycles. The van der Waals surface area contributed by atoms with E-state index in [-0.39, 0.29) is 0 Å². The molecule has 0 amide bonds. The lowest BCUT2D eigenvalue weighted by atomic mass is 10.0. The Bertz CT molecular complexity index is 133. The van der Waals surface area contributed by atoms with Crippen molar-refractivity contribution in [2.75, 3.05) is 19.7 Å². The van der Waals surface area contributed by atoms with E-state index in [2.05, 4.69) is 19.2 Å². The molecule has 3 N–H and O–H groups in total. The summed E-state index contributed by atoms with van der Waals surface area (Å²) in [5, 5.41) is 3.46. The van der Waals surface area contributed by atoms with Crippen LogP contribution in [0.1, 0.15) is 26.7 Å². The van der Waals surface area contributed by atoms with E-state index in [1.165, 1.54) is 12.8 Å². The average molecular weight is 186 g/mol. The highest BCUT2D eigenvalue weighted by Crippen LogP contribution is 2.11. The molecule has 1 fully saturated rings. The van der Waals surface area contributed by atoms with Crippen LogP contribution in [0.3, 0.4) is 0 Å². The normalized spacial score (nSPS) is 25.4. The zero-order valence-electron chi connectivity index (χ0n) is 8.75. The Labute approximate surface area is 81.0 Å². The fraction of sp³-hybridized carbons (Fsp3) is 1.00. The van der Waals surface area contributed by atoms with Crippen molar-refractivity contribution in [1.82, 2.24) is 5.32 Å². The van der Waals surface area contributed by atoms with Crippen LogP contribution in [0.15, 0.2) is 0 Å². The SMILES string of the molecule is CC(C)C(CN)NCC1CCCO1. The third-order valence-electron chi connectivity index (χ3n) is 2.69. The van der Waals surface area contributed by atoms with Crippen molar-refractivity contribution in [3.8, 4) is 0 Å². The zero-order chi connectivity index (χ0) is 9.68. The third-order valence-corrected chi connectivity index (χ3v) is 2.69. The lowest BCUT2D eigenvalue weighted by molar-refractivity contribution is 0.106. The van der Waals surface area contributed by atoms with Crippen molar-refractivity contribution in [3.63, 3.8) is 0 Å². The Balaban J connectivity index is 2.15. The van der Waals surface area contributed by atoms with E-state index in [1.54, 1.807) is 0 Å². The molecule has 1 heterocycles. The van der Waals surface area contributed by atoms with Gasteiger partial charge in [-0.05, 0) is 18.8 Å². The van der Waals surface area contributed by atoms with Gasteiger partial charge in [-0.2, -0.15) is 0 Å². The number of nitrogens with one attached hydrogen (secondary N) is 1. The summed E-state index contributed by atoms with van der Waals surface area (Å²) in [5.41, 5.74) is 5.66. The molecule has 3 heteroatoms.